The first-order valence-electron chi connectivity index (χ1n) is 5.77. The Morgan fingerprint density at radius 1 is 1.50 bits per heavy atom. The van der Waals surface area contributed by atoms with Gasteiger partial charge < -0.3 is 10.1 Å². The minimum atomic E-state index is 0.613. The topological polar surface area (TPSA) is 21.3 Å². The van der Waals surface area contributed by atoms with E-state index in [0.29, 0.717) is 6.04 Å². The van der Waals surface area contributed by atoms with Crippen LogP contribution in [0, 0.1) is 6.92 Å². The number of halogens is 1. The second-order valence-corrected chi connectivity index (χ2v) is 5.20. The van der Waals surface area contributed by atoms with E-state index in [1.165, 1.54) is 28.4 Å². The van der Waals surface area contributed by atoms with Crippen molar-refractivity contribution in [3.05, 3.63) is 27.7 Å². The third kappa shape index (κ3) is 2.41. The van der Waals surface area contributed by atoms with Crippen LogP contribution in [0.4, 0.5) is 0 Å². The Morgan fingerprint density at radius 2 is 2.31 bits per heavy atom. The lowest BCUT2D eigenvalue weighted by Gasteiger charge is -2.16. The van der Waals surface area contributed by atoms with Crippen molar-refractivity contribution in [1.29, 1.82) is 0 Å². The summed E-state index contributed by atoms with van der Waals surface area (Å²) in [5.41, 5.74) is 2.63. The fourth-order valence-electron chi connectivity index (χ4n) is 2.33. The van der Waals surface area contributed by atoms with E-state index in [0.717, 1.165) is 18.7 Å². The van der Waals surface area contributed by atoms with Gasteiger partial charge in [-0.25, -0.2) is 0 Å². The molecule has 1 fully saturated rings. The monoisotopic (exact) mass is 283 g/mol. The summed E-state index contributed by atoms with van der Waals surface area (Å²) >= 11 is 3.58. The van der Waals surface area contributed by atoms with Crippen LogP contribution >= 0.6 is 15.9 Å². The van der Waals surface area contributed by atoms with E-state index in [2.05, 4.69) is 34.2 Å². The minimum absolute atomic E-state index is 0.613. The van der Waals surface area contributed by atoms with Crippen LogP contribution in [0.15, 0.2) is 16.6 Å². The fraction of sp³-hybridized carbons (Fsp3) is 0.538. The lowest BCUT2D eigenvalue weighted by molar-refractivity contribution is 0.406. The number of ether oxygens (including phenoxy) is 1. The fourth-order valence-corrected chi connectivity index (χ4v) is 2.70. The molecule has 1 atom stereocenters. The second kappa shape index (κ2) is 5.19. The maximum atomic E-state index is 5.44. The Kier molecular flexibility index (Phi) is 3.87. The van der Waals surface area contributed by atoms with Crippen LogP contribution in [0.2, 0.25) is 0 Å². The number of rotatable bonds is 3. The maximum absolute atomic E-state index is 5.44. The number of methoxy groups -OCH3 is 1. The molecule has 0 aromatic heterocycles. The van der Waals surface area contributed by atoms with Crippen LogP contribution in [-0.2, 0) is 6.42 Å². The van der Waals surface area contributed by atoms with Gasteiger partial charge >= 0.3 is 0 Å². The van der Waals surface area contributed by atoms with Gasteiger partial charge in [-0.1, -0.05) is 15.9 Å². The number of nitrogens with one attached hydrogen (secondary N) is 1. The molecule has 1 N–H and O–H groups in total. The van der Waals surface area contributed by atoms with Crippen molar-refractivity contribution in [2.45, 2.75) is 32.2 Å². The Bertz CT molecular complexity index is 372. The van der Waals surface area contributed by atoms with E-state index < -0.39 is 0 Å². The molecule has 1 aromatic carbocycles. The van der Waals surface area contributed by atoms with E-state index in [1.54, 1.807) is 7.11 Å². The van der Waals surface area contributed by atoms with Gasteiger partial charge in [0, 0.05) is 10.5 Å². The molecule has 1 saturated heterocycles. The van der Waals surface area contributed by atoms with Gasteiger partial charge in [0.1, 0.15) is 5.75 Å². The van der Waals surface area contributed by atoms with E-state index in [1.807, 2.05) is 6.07 Å². The number of benzene rings is 1. The quantitative estimate of drug-likeness (QED) is 0.921. The van der Waals surface area contributed by atoms with Gasteiger partial charge in [-0.2, -0.15) is 0 Å². The van der Waals surface area contributed by atoms with Crippen LogP contribution < -0.4 is 10.1 Å². The maximum Gasteiger partial charge on any atom is 0.122 e. The Labute approximate surface area is 106 Å². The first kappa shape index (κ1) is 11.9. The third-order valence-corrected chi connectivity index (χ3v) is 4.18. The van der Waals surface area contributed by atoms with Crippen molar-refractivity contribution < 1.29 is 4.74 Å². The largest absolute Gasteiger partial charge is 0.496 e. The van der Waals surface area contributed by atoms with E-state index in [4.69, 9.17) is 4.74 Å². The lowest BCUT2D eigenvalue weighted by atomic mass is 9.99. The van der Waals surface area contributed by atoms with Crippen molar-refractivity contribution in [3.8, 4) is 5.75 Å². The normalized spacial score (nSPS) is 20.1. The Balaban J connectivity index is 2.25. The molecule has 88 valence electrons. The zero-order chi connectivity index (χ0) is 11.5. The summed E-state index contributed by atoms with van der Waals surface area (Å²) in [7, 11) is 1.74. The first-order valence-corrected chi connectivity index (χ1v) is 6.57. The molecule has 1 aliphatic heterocycles. The summed E-state index contributed by atoms with van der Waals surface area (Å²) in [6, 6.07) is 4.71. The molecule has 3 heteroatoms. The summed E-state index contributed by atoms with van der Waals surface area (Å²) in [5, 5.41) is 3.53. The van der Waals surface area contributed by atoms with Gasteiger partial charge in [0.15, 0.2) is 0 Å². The average molecular weight is 284 g/mol. The smallest absolute Gasteiger partial charge is 0.122 e. The zero-order valence-electron chi connectivity index (χ0n) is 9.85. The zero-order valence-corrected chi connectivity index (χ0v) is 11.4. The predicted octanol–water partition coefficient (Wildman–Crippen LogP) is 3.06. The molecule has 1 unspecified atom stereocenters. The number of hydrogen-bond acceptors (Lipinski definition) is 2. The second-order valence-electron chi connectivity index (χ2n) is 4.35. The van der Waals surface area contributed by atoms with Gasteiger partial charge in [0.05, 0.1) is 7.11 Å². The van der Waals surface area contributed by atoms with Crippen molar-refractivity contribution in [1.82, 2.24) is 5.32 Å². The highest BCUT2D eigenvalue weighted by atomic mass is 79.9. The molecule has 1 aliphatic rings. The first-order chi connectivity index (χ1) is 7.72. The summed E-state index contributed by atoms with van der Waals surface area (Å²) in [4.78, 5) is 0. The van der Waals surface area contributed by atoms with Crippen molar-refractivity contribution >= 4 is 15.9 Å². The highest BCUT2D eigenvalue weighted by Crippen LogP contribution is 2.30. The van der Waals surface area contributed by atoms with Crippen LogP contribution in [0.1, 0.15) is 24.0 Å². The number of hydrogen-bond donors (Lipinski definition) is 1. The molecule has 1 aromatic rings. The average Bonchev–Trinajstić information content (AvgIpc) is 2.78. The van der Waals surface area contributed by atoms with Gasteiger partial charge in [0.25, 0.3) is 0 Å². The Hall–Kier alpha value is -0.540. The molecule has 2 rings (SSSR count). The van der Waals surface area contributed by atoms with Gasteiger partial charge in [-0.05, 0) is 56.0 Å². The summed E-state index contributed by atoms with van der Waals surface area (Å²) in [6.45, 7) is 3.30. The van der Waals surface area contributed by atoms with Gasteiger partial charge in [-0.15, -0.1) is 0 Å². The standard InChI is InChI=1S/C13H18BrNO/c1-9-11(8-10-4-3-7-15-10)13(16-2)6-5-12(9)14/h5-6,10,15H,3-4,7-8H2,1-2H3. The molecular weight excluding hydrogens is 266 g/mol. The molecule has 0 amide bonds. The summed E-state index contributed by atoms with van der Waals surface area (Å²) in [5.74, 6) is 1.01. The predicted molar refractivity (Wildman–Crippen MR) is 70.2 cm³/mol. The summed E-state index contributed by atoms with van der Waals surface area (Å²) < 4.78 is 6.61. The van der Waals surface area contributed by atoms with Crippen LogP contribution in [-0.4, -0.2) is 19.7 Å². The van der Waals surface area contributed by atoms with Crippen molar-refractivity contribution in [3.63, 3.8) is 0 Å². The Morgan fingerprint density at radius 3 is 2.94 bits per heavy atom. The van der Waals surface area contributed by atoms with Crippen molar-refractivity contribution in [2.75, 3.05) is 13.7 Å². The molecule has 0 spiro atoms. The van der Waals surface area contributed by atoms with E-state index in [9.17, 15) is 0 Å². The molecule has 0 aliphatic carbocycles. The van der Waals surface area contributed by atoms with E-state index >= 15 is 0 Å². The third-order valence-electron chi connectivity index (χ3n) is 3.32. The van der Waals surface area contributed by atoms with Crippen molar-refractivity contribution in [2.24, 2.45) is 0 Å². The lowest BCUT2D eigenvalue weighted by Crippen LogP contribution is -2.24. The molecule has 1 heterocycles. The molecule has 0 radical (unpaired) electrons. The van der Waals surface area contributed by atoms with Gasteiger partial charge in [-0.3, -0.25) is 0 Å². The molecule has 0 bridgehead atoms. The van der Waals surface area contributed by atoms with Crippen LogP contribution in [0.25, 0.3) is 0 Å². The highest BCUT2D eigenvalue weighted by Gasteiger charge is 2.18. The van der Waals surface area contributed by atoms with E-state index in [-0.39, 0.29) is 0 Å². The SMILES string of the molecule is COc1ccc(Br)c(C)c1CC1CCCN1. The van der Waals surface area contributed by atoms with Crippen LogP contribution in [0.3, 0.4) is 0 Å². The molecular formula is C13H18BrNO. The molecule has 2 nitrogen and oxygen atoms in total. The summed E-state index contributed by atoms with van der Waals surface area (Å²) in [6.07, 6.45) is 3.63. The van der Waals surface area contributed by atoms with Crippen LogP contribution in [0.5, 0.6) is 5.75 Å². The molecule has 16 heavy (non-hydrogen) atoms. The van der Waals surface area contributed by atoms with Gasteiger partial charge in [0.2, 0.25) is 0 Å². The molecule has 0 saturated carbocycles. The highest BCUT2D eigenvalue weighted by molar-refractivity contribution is 9.10. The minimum Gasteiger partial charge on any atom is -0.496 e.